The third-order valence-electron chi connectivity index (χ3n) is 3.36. The van der Waals surface area contributed by atoms with Crippen molar-refractivity contribution in [3.8, 4) is 5.75 Å². The molecule has 2 aromatic rings. The van der Waals surface area contributed by atoms with Crippen molar-refractivity contribution in [3.05, 3.63) is 65.5 Å². The summed E-state index contributed by atoms with van der Waals surface area (Å²) in [5.74, 6) is -0.191. The Morgan fingerprint density at radius 1 is 1.19 bits per heavy atom. The van der Waals surface area contributed by atoms with Gasteiger partial charge in [-0.15, -0.1) is 0 Å². The van der Waals surface area contributed by atoms with Crippen LogP contribution in [-0.4, -0.2) is 11.0 Å². The van der Waals surface area contributed by atoms with Crippen LogP contribution in [0, 0.1) is 5.82 Å². The number of aromatic hydroxyl groups is 1. The summed E-state index contributed by atoms with van der Waals surface area (Å²) in [5.41, 5.74) is 1.61. The van der Waals surface area contributed by atoms with Crippen molar-refractivity contribution >= 4 is 5.91 Å². The molecule has 0 saturated heterocycles. The highest BCUT2D eigenvalue weighted by Crippen LogP contribution is 2.18. The molecule has 0 saturated carbocycles. The first-order valence-electron chi connectivity index (χ1n) is 6.88. The maximum Gasteiger partial charge on any atom is 0.220 e. The topological polar surface area (TPSA) is 49.3 Å². The molecule has 0 aliphatic rings. The van der Waals surface area contributed by atoms with Gasteiger partial charge < -0.3 is 10.4 Å². The molecule has 0 bridgehead atoms. The van der Waals surface area contributed by atoms with Gasteiger partial charge in [-0.25, -0.2) is 4.39 Å². The molecule has 0 unspecified atom stereocenters. The van der Waals surface area contributed by atoms with Crippen molar-refractivity contribution in [2.75, 3.05) is 0 Å². The molecule has 2 rings (SSSR count). The van der Waals surface area contributed by atoms with Gasteiger partial charge in [-0.05, 0) is 42.7 Å². The summed E-state index contributed by atoms with van der Waals surface area (Å²) in [6, 6.07) is 12.9. The molecule has 0 fully saturated rings. The number of benzene rings is 2. The highest BCUT2D eigenvalue weighted by Gasteiger charge is 2.10. The van der Waals surface area contributed by atoms with Gasteiger partial charge in [0.2, 0.25) is 5.91 Å². The Labute approximate surface area is 123 Å². The molecule has 0 spiro atoms. The Morgan fingerprint density at radius 3 is 2.52 bits per heavy atom. The zero-order chi connectivity index (χ0) is 15.2. The molecular weight excluding hydrogens is 269 g/mol. The number of rotatable bonds is 5. The van der Waals surface area contributed by atoms with Gasteiger partial charge in [-0.2, -0.15) is 0 Å². The number of phenols is 1. The smallest absolute Gasteiger partial charge is 0.220 e. The van der Waals surface area contributed by atoms with Crippen molar-refractivity contribution in [2.24, 2.45) is 0 Å². The molecule has 0 aliphatic carbocycles. The van der Waals surface area contributed by atoms with Crippen LogP contribution < -0.4 is 5.32 Å². The lowest BCUT2D eigenvalue weighted by molar-refractivity contribution is -0.121. The van der Waals surface area contributed by atoms with Crippen LogP contribution in [-0.2, 0) is 11.2 Å². The summed E-state index contributed by atoms with van der Waals surface area (Å²) in [6.07, 6.45) is 0.776. The van der Waals surface area contributed by atoms with E-state index in [9.17, 15) is 14.3 Å². The Hall–Kier alpha value is -2.36. The van der Waals surface area contributed by atoms with Gasteiger partial charge >= 0.3 is 0 Å². The number of hydrogen-bond donors (Lipinski definition) is 2. The Balaban J connectivity index is 1.87. The summed E-state index contributed by atoms with van der Waals surface area (Å²) in [4.78, 5) is 11.9. The van der Waals surface area contributed by atoms with Crippen molar-refractivity contribution < 1.29 is 14.3 Å². The zero-order valence-corrected chi connectivity index (χ0v) is 11.8. The number of para-hydroxylation sites is 1. The highest BCUT2D eigenvalue weighted by molar-refractivity contribution is 5.76. The summed E-state index contributed by atoms with van der Waals surface area (Å²) >= 11 is 0. The van der Waals surface area contributed by atoms with Gasteiger partial charge in [0.05, 0.1) is 6.04 Å². The van der Waals surface area contributed by atoms with Crippen molar-refractivity contribution in [1.82, 2.24) is 5.32 Å². The third kappa shape index (κ3) is 4.31. The lowest BCUT2D eigenvalue weighted by Crippen LogP contribution is -2.26. The fourth-order valence-corrected chi connectivity index (χ4v) is 2.12. The minimum absolute atomic E-state index is 0.102. The number of phenolic OH excluding ortho intramolecular Hbond substituents is 1. The Bertz CT molecular complexity index is 610. The molecular formula is C17H18FNO2. The maximum absolute atomic E-state index is 12.8. The molecule has 3 nitrogen and oxygen atoms in total. The van der Waals surface area contributed by atoms with Crippen molar-refractivity contribution in [1.29, 1.82) is 0 Å². The van der Waals surface area contributed by atoms with E-state index in [1.54, 1.807) is 30.3 Å². The second-order valence-electron chi connectivity index (χ2n) is 4.97. The molecule has 0 heterocycles. The molecule has 0 radical (unpaired) electrons. The van der Waals surface area contributed by atoms with Gasteiger partial charge in [0.15, 0.2) is 0 Å². The number of carbonyl (C=O) groups is 1. The molecule has 0 aromatic heterocycles. The summed E-state index contributed by atoms with van der Waals surface area (Å²) < 4.78 is 12.8. The average molecular weight is 287 g/mol. The number of halogens is 1. The predicted octanol–water partition coefficient (Wildman–Crippen LogP) is 3.34. The monoisotopic (exact) mass is 287 g/mol. The predicted molar refractivity (Wildman–Crippen MR) is 79.4 cm³/mol. The normalized spacial score (nSPS) is 11.9. The summed E-state index contributed by atoms with van der Waals surface area (Å²) in [5, 5.41) is 12.5. The van der Waals surface area contributed by atoms with Crippen molar-refractivity contribution in [2.45, 2.75) is 25.8 Å². The fourth-order valence-electron chi connectivity index (χ4n) is 2.12. The fraction of sp³-hybridized carbons (Fsp3) is 0.235. The highest BCUT2D eigenvalue weighted by atomic mass is 19.1. The molecule has 4 heteroatoms. The van der Waals surface area contributed by atoms with E-state index in [1.165, 1.54) is 12.1 Å². The molecule has 21 heavy (non-hydrogen) atoms. The van der Waals surface area contributed by atoms with Crippen LogP contribution in [0.1, 0.15) is 30.5 Å². The molecule has 2 aromatic carbocycles. The van der Waals surface area contributed by atoms with Gasteiger partial charge in [-0.1, -0.05) is 30.3 Å². The first-order chi connectivity index (χ1) is 10.1. The van der Waals surface area contributed by atoms with E-state index >= 15 is 0 Å². The van der Waals surface area contributed by atoms with E-state index in [2.05, 4.69) is 5.32 Å². The SMILES string of the molecule is C[C@@H](NC(=O)CCc1ccccc1O)c1ccc(F)cc1. The van der Waals surface area contributed by atoms with Crippen LogP contribution in [0.5, 0.6) is 5.75 Å². The van der Waals surface area contributed by atoms with Crippen LogP contribution in [0.15, 0.2) is 48.5 Å². The average Bonchev–Trinajstić information content (AvgIpc) is 2.47. The number of nitrogens with one attached hydrogen (secondary N) is 1. The first kappa shape index (κ1) is 15.0. The van der Waals surface area contributed by atoms with Crippen LogP contribution >= 0.6 is 0 Å². The first-order valence-corrected chi connectivity index (χ1v) is 6.88. The molecule has 0 aliphatic heterocycles. The Morgan fingerprint density at radius 2 is 1.86 bits per heavy atom. The zero-order valence-electron chi connectivity index (χ0n) is 11.8. The van der Waals surface area contributed by atoms with Crippen LogP contribution in [0.3, 0.4) is 0 Å². The van der Waals surface area contributed by atoms with Gasteiger partial charge in [0, 0.05) is 6.42 Å². The number of carbonyl (C=O) groups excluding carboxylic acids is 1. The second-order valence-corrected chi connectivity index (χ2v) is 4.97. The molecule has 110 valence electrons. The van der Waals surface area contributed by atoms with E-state index in [0.29, 0.717) is 12.8 Å². The number of aryl methyl sites for hydroxylation is 1. The minimum atomic E-state index is -0.295. The van der Waals surface area contributed by atoms with Crippen LogP contribution in [0.2, 0.25) is 0 Å². The van der Waals surface area contributed by atoms with E-state index in [-0.39, 0.29) is 23.5 Å². The lowest BCUT2D eigenvalue weighted by atomic mass is 10.1. The Kier molecular flexibility index (Phi) is 4.93. The third-order valence-corrected chi connectivity index (χ3v) is 3.36. The van der Waals surface area contributed by atoms with E-state index in [1.807, 2.05) is 13.0 Å². The number of hydrogen-bond acceptors (Lipinski definition) is 2. The van der Waals surface area contributed by atoms with Gasteiger partial charge in [0.1, 0.15) is 11.6 Å². The molecule has 1 amide bonds. The molecule has 1 atom stereocenters. The summed E-state index contributed by atoms with van der Waals surface area (Å²) in [7, 11) is 0. The summed E-state index contributed by atoms with van der Waals surface area (Å²) in [6.45, 7) is 1.85. The lowest BCUT2D eigenvalue weighted by Gasteiger charge is -2.14. The maximum atomic E-state index is 12.8. The van der Waals surface area contributed by atoms with E-state index in [4.69, 9.17) is 0 Å². The standard InChI is InChI=1S/C17H18FNO2/c1-12(13-6-9-15(18)10-7-13)19-17(21)11-8-14-4-2-3-5-16(14)20/h2-7,9-10,12,20H,8,11H2,1H3,(H,19,21)/t12-/m1/s1. The number of amides is 1. The van der Waals surface area contributed by atoms with Crippen LogP contribution in [0.4, 0.5) is 4.39 Å². The van der Waals surface area contributed by atoms with Crippen LogP contribution in [0.25, 0.3) is 0 Å². The van der Waals surface area contributed by atoms with E-state index in [0.717, 1.165) is 11.1 Å². The second kappa shape index (κ2) is 6.88. The largest absolute Gasteiger partial charge is 0.508 e. The molecule has 2 N–H and O–H groups in total. The van der Waals surface area contributed by atoms with Gasteiger partial charge in [-0.3, -0.25) is 4.79 Å². The minimum Gasteiger partial charge on any atom is -0.508 e. The van der Waals surface area contributed by atoms with Crippen molar-refractivity contribution in [3.63, 3.8) is 0 Å². The van der Waals surface area contributed by atoms with E-state index < -0.39 is 0 Å². The van der Waals surface area contributed by atoms with Gasteiger partial charge in [0.25, 0.3) is 0 Å². The quantitative estimate of drug-likeness (QED) is 0.886.